The topological polar surface area (TPSA) is 115 Å². The van der Waals surface area contributed by atoms with Crippen LogP contribution in [-0.4, -0.2) is 36.1 Å². The lowest BCUT2D eigenvalue weighted by Crippen LogP contribution is -2.38. The monoisotopic (exact) mass is 372 g/mol. The molecular formula is C13H13ClN4O3S2. The van der Waals surface area contributed by atoms with Crippen LogP contribution in [0, 0.1) is 0 Å². The van der Waals surface area contributed by atoms with Gasteiger partial charge in [0.15, 0.2) is 5.16 Å². The smallest absolute Gasteiger partial charge is 0.240 e. The van der Waals surface area contributed by atoms with Gasteiger partial charge in [-0.2, -0.15) is 0 Å². The second-order valence-electron chi connectivity index (χ2n) is 4.35. The molecule has 2 aromatic rings. The third-order valence-corrected chi connectivity index (χ3v) is 5.49. The number of thioether (sulfide) groups is 1. The van der Waals surface area contributed by atoms with E-state index in [1.807, 2.05) is 0 Å². The van der Waals surface area contributed by atoms with Gasteiger partial charge in [0.05, 0.1) is 4.90 Å². The minimum Gasteiger partial charge on any atom is -0.369 e. The fourth-order valence-electron chi connectivity index (χ4n) is 1.56. The number of carbonyl (C=O) groups excluding carboxylic acids is 1. The summed E-state index contributed by atoms with van der Waals surface area (Å²) < 4.78 is 26.7. The van der Waals surface area contributed by atoms with Crippen LogP contribution in [0.15, 0.2) is 52.8 Å². The van der Waals surface area contributed by atoms with Crippen LogP contribution in [0.4, 0.5) is 0 Å². The van der Waals surface area contributed by atoms with Gasteiger partial charge in [0.1, 0.15) is 5.25 Å². The molecule has 0 radical (unpaired) electrons. The number of nitrogens with one attached hydrogen (secondary N) is 1. The van der Waals surface area contributed by atoms with Crippen LogP contribution >= 0.6 is 23.4 Å². The highest BCUT2D eigenvalue weighted by molar-refractivity contribution is 8.00. The first-order valence-electron chi connectivity index (χ1n) is 6.37. The third-order valence-electron chi connectivity index (χ3n) is 2.69. The summed E-state index contributed by atoms with van der Waals surface area (Å²) in [5, 5.41) is -0.0720. The normalized spacial score (nSPS) is 12.7. The maximum absolute atomic E-state index is 12.2. The zero-order chi connectivity index (χ0) is 16.9. The Kier molecular flexibility index (Phi) is 5.94. The van der Waals surface area contributed by atoms with E-state index in [2.05, 4.69) is 14.7 Å². The molecule has 2 rings (SSSR count). The van der Waals surface area contributed by atoms with Crippen molar-refractivity contribution in [3.05, 3.63) is 47.7 Å². The molecular weight excluding hydrogens is 360 g/mol. The summed E-state index contributed by atoms with van der Waals surface area (Å²) in [6, 6.07) is 7.31. The Labute approximate surface area is 142 Å². The van der Waals surface area contributed by atoms with Crippen molar-refractivity contribution in [3.8, 4) is 0 Å². The van der Waals surface area contributed by atoms with Crippen molar-refractivity contribution in [2.75, 3.05) is 6.54 Å². The van der Waals surface area contributed by atoms with Gasteiger partial charge in [0, 0.05) is 24.0 Å². The summed E-state index contributed by atoms with van der Waals surface area (Å²) >= 11 is 6.72. The molecule has 7 nitrogen and oxygen atoms in total. The number of primary amides is 1. The Morgan fingerprint density at radius 2 is 1.87 bits per heavy atom. The molecule has 23 heavy (non-hydrogen) atoms. The van der Waals surface area contributed by atoms with Crippen molar-refractivity contribution in [1.29, 1.82) is 0 Å². The summed E-state index contributed by atoms with van der Waals surface area (Å²) in [5.41, 5.74) is 5.30. The van der Waals surface area contributed by atoms with E-state index in [-0.39, 0.29) is 11.4 Å². The molecule has 0 spiro atoms. The van der Waals surface area contributed by atoms with E-state index in [9.17, 15) is 13.2 Å². The molecule has 1 atom stereocenters. The van der Waals surface area contributed by atoms with Crippen molar-refractivity contribution >= 4 is 39.3 Å². The Hall–Kier alpha value is -1.68. The Morgan fingerprint density at radius 1 is 1.26 bits per heavy atom. The van der Waals surface area contributed by atoms with Crippen molar-refractivity contribution in [3.63, 3.8) is 0 Å². The Morgan fingerprint density at radius 3 is 2.43 bits per heavy atom. The second-order valence-corrected chi connectivity index (χ2v) is 7.72. The molecule has 0 aliphatic carbocycles. The average molecular weight is 373 g/mol. The van der Waals surface area contributed by atoms with Crippen LogP contribution in [0.3, 0.4) is 0 Å². The minimum atomic E-state index is -3.77. The molecule has 0 saturated carbocycles. The maximum Gasteiger partial charge on any atom is 0.240 e. The van der Waals surface area contributed by atoms with E-state index >= 15 is 0 Å². The lowest BCUT2D eigenvalue weighted by molar-refractivity contribution is -0.117. The largest absolute Gasteiger partial charge is 0.369 e. The maximum atomic E-state index is 12.2. The Balaban J connectivity index is 2.06. The molecule has 10 heteroatoms. The molecule has 1 unspecified atom stereocenters. The number of halogens is 1. The van der Waals surface area contributed by atoms with Gasteiger partial charge in [0.2, 0.25) is 15.9 Å². The molecule has 0 aliphatic rings. The van der Waals surface area contributed by atoms with Gasteiger partial charge in [-0.1, -0.05) is 23.4 Å². The van der Waals surface area contributed by atoms with Gasteiger partial charge < -0.3 is 5.73 Å². The average Bonchev–Trinajstić information content (AvgIpc) is 2.52. The fraction of sp³-hybridized carbons (Fsp3) is 0.154. The van der Waals surface area contributed by atoms with E-state index in [4.69, 9.17) is 17.3 Å². The molecule has 1 amide bonds. The molecule has 0 saturated heterocycles. The summed E-state index contributed by atoms with van der Waals surface area (Å²) in [4.78, 5) is 19.5. The number of carbonyl (C=O) groups is 1. The fourth-order valence-corrected chi connectivity index (χ4v) is 3.62. The Bertz CT molecular complexity index is 770. The van der Waals surface area contributed by atoms with Crippen molar-refractivity contribution in [2.24, 2.45) is 5.73 Å². The molecule has 3 N–H and O–H groups in total. The van der Waals surface area contributed by atoms with Crippen LogP contribution in [0.1, 0.15) is 0 Å². The van der Waals surface area contributed by atoms with Crippen molar-refractivity contribution in [1.82, 2.24) is 14.7 Å². The number of aromatic nitrogens is 2. The number of hydrogen-bond donors (Lipinski definition) is 2. The predicted molar refractivity (Wildman–Crippen MR) is 87.5 cm³/mol. The minimum absolute atomic E-state index is 0.0473. The first-order chi connectivity index (χ1) is 10.9. The standard InChI is InChI=1S/C13H13ClN4O3S2/c14-9-2-4-10(5-3-9)23(20,21)18-8-11(12(15)19)22-13-16-6-1-7-17-13/h1-7,11,18H,8H2,(H2,15,19). The van der Waals surface area contributed by atoms with E-state index < -0.39 is 21.2 Å². The quantitative estimate of drug-likeness (QED) is 0.554. The van der Waals surface area contributed by atoms with E-state index in [0.717, 1.165) is 11.8 Å². The third kappa shape index (κ3) is 5.17. The molecule has 1 aromatic heterocycles. The number of benzene rings is 1. The van der Waals surface area contributed by atoms with E-state index in [0.29, 0.717) is 10.2 Å². The van der Waals surface area contributed by atoms with Crippen molar-refractivity contribution in [2.45, 2.75) is 15.3 Å². The zero-order valence-corrected chi connectivity index (χ0v) is 14.1. The second kappa shape index (κ2) is 7.73. The number of hydrogen-bond acceptors (Lipinski definition) is 6. The van der Waals surface area contributed by atoms with Crippen LogP contribution in [0.25, 0.3) is 0 Å². The molecule has 1 aromatic carbocycles. The van der Waals surface area contributed by atoms with Crippen molar-refractivity contribution < 1.29 is 13.2 Å². The lowest BCUT2D eigenvalue weighted by Gasteiger charge is -2.13. The predicted octanol–water partition coefficient (Wildman–Crippen LogP) is 1.05. The van der Waals surface area contributed by atoms with Gasteiger partial charge in [-0.3, -0.25) is 4.79 Å². The highest BCUT2D eigenvalue weighted by atomic mass is 35.5. The SMILES string of the molecule is NC(=O)C(CNS(=O)(=O)c1ccc(Cl)cc1)Sc1ncccn1. The van der Waals surface area contributed by atoms with Gasteiger partial charge >= 0.3 is 0 Å². The van der Waals surface area contributed by atoms with Crippen LogP contribution in [0.5, 0.6) is 0 Å². The molecule has 122 valence electrons. The molecule has 1 heterocycles. The molecule has 0 aliphatic heterocycles. The molecule has 0 bridgehead atoms. The van der Waals surface area contributed by atoms with Crippen LogP contribution in [-0.2, 0) is 14.8 Å². The summed E-state index contributed by atoms with van der Waals surface area (Å²) in [7, 11) is -3.77. The lowest BCUT2D eigenvalue weighted by atomic mass is 10.4. The highest BCUT2D eigenvalue weighted by Gasteiger charge is 2.22. The summed E-state index contributed by atoms with van der Waals surface area (Å²) in [6.07, 6.45) is 3.04. The van der Waals surface area contributed by atoms with Gasteiger partial charge in [-0.25, -0.2) is 23.1 Å². The first kappa shape index (κ1) is 17.7. The molecule has 0 fully saturated rings. The number of nitrogens with two attached hydrogens (primary N) is 1. The number of amides is 1. The van der Waals surface area contributed by atoms with Crippen LogP contribution in [0.2, 0.25) is 5.02 Å². The number of sulfonamides is 1. The number of nitrogens with zero attached hydrogens (tertiary/aromatic N) is 2. The summed E-state index contributed by atoms with van der Waals surface area (Å²) in [5.74, 6) is -0.666. The first-order valence-corrected chi connectivity index (χ1v) is 9.11. The van der Waals surface area contributed by atoms with Gasteiger partial charge in [0.25, 0.3) is 0 Å². The number of rotatable bonds is 7. The highest BCUT2D eigenvalue weighted by Crippen LogP contribution is 2.19. The van der Waals surface area contributed by atoms with E-state index in [1.54, 1.807) is 6.07 Å². The van der Waals surface area contributed by atoms with Gasteiger partial charge in [-0.05, 0) is 30.3 Å². The zero-order valence-electron chi connectivity index (χ0n) is 11.7. The van der Waals surface area contributed by atoms with E-state index in [1.165, 1.54) is 36.7 Å². The van der Waals surface area contributed by atoms with Crippen LogP contribution < -0.4 is 10.5 Å². The van der Waals surface area contributed by atoms with Gasteiger partial charge in [-0.15, -0.1) is 0 Å². The summed E-state index contributed by atoms with van der Waals surface area (Å²) in [6.45, 7) is -0.177.